The summed E-state index contributed by atoms with van der Waals surface area (Å²) in [5.41, 5.74) is 2.02. The van der Waals surface area contributed by atoms with Crippen molar-refractivity contribution >= 4 is 21.6 Å². The van der Waals surface area contributed by atoms with E-state index < -0.39 is 10.0 Å². The van der Waals surface area contributed by atoms with Crippen molar-refractivity contribution in [1.82, 2.24) is 14.3 Å². The molecule has 0 spiro atoms. The molecule has 1 unspecified atom stereocenters. The first-order valence-electron chi connectivity index (χ1n) is 9.32. The summed E-state index contributed by atoms with van der Waals surface area (Å²) < 4.78 is 33.4. The number of sulfonamides is 1. The van der Waals surface area contributed by atoms with Gasteiger partial charge in [0.2, 0.25) is 10.0 Å². The van der Waals surface area contributed by atoms with Crippen LogP contribution in [0, 0.1) is 0 Å². The van der Waals surface area contributed by atoms with Crippen molar-refractivity contribution in [3.63, 3.8) is 0 Å². The van der Waals surface area contributed by atoms with E-state index in [0.29, 0.717) is 18.0 Å². The molecule has 8 heteroatoms. The third-order valence-corrected chi connectivity index (χ3v) is 6.88. The van der Waals surface area contributed by atoms with E-state index in [9.17, 15) is 8.42 Å². The van der Waals surface area contributed by atoms with Gasteiger partial charge in [-0.2, -0.15) is 4.31 Å². The highest BCUT2D eigenvalue weighted by Gasteiger charge is 2.31. The molecule has 0 saturated carbocycles. The molecule has 150 valence electrons. The van der Waals surface area contributed by atoms with Crippen LogP contribution in [0.25, 0.3) is 11.1 Å². The largest absolute Gasteiger partial charge is 0.459 e. The molecule has 6 nitrogen and oxygen atoms in total. The fourth-order valence-corrected chi connectivity index (χ4v) is 4.94. The van der Waals surface area contributed by atoms with Gasteiger partial charge in [-0.25, -0.2) is 18.4 Å². The van der Waals surface area contributed by atoms with Crippen LogP contribution in [0.3, 0.4) is 0 Å². The van der Waals surface area contributed by atoms with Crippen LogP contribution in [0.15, 0.2) is 71.9 Å². The molecular formula is C21H20ClN3O3S. The second-order valence-electron chi connectivity index (χ2n) is 6.82. The zero-order valence-electron chi connectivity index (χ0n) is 15.6. The minimum absolute atomic E-state index is 0.200. The second kappa shape index (κ2) is 8.49. The highest BCUT2D eigenvalue weighted by molar-refractivity contribution is 7.89. The van der Waals surface area contributed by atoms with Crippen molar-refractivity contribution in [3.8, 4) is 17.1 Å². The summed E-state index contributed by atoms with van der Waals surface area (Å²) in [6.45, 7) is 0.721. The summed E-state index contributed by atoms with van der Waals surface area (Å²) in [6, 6.07) is 17.0. The van der Waals surface area contributed by atoms with Gasteiger partial charge in [-0.1, -0.05) is 54.1 Å². The van der Waals surface area contributed by atoms with Crippen LogP contribution in [-0.2, 0) is 10.0 Å². The molecule has 1 atom stereocenters. The smallest absolute Gasteiger partial charge is 0.316 e. The summed E-state index contributed by atoms with van der Waals surface area (Å²) in [7, 11) is -3.60. The van der Waals surface area contributed by atoms with E-state index in [0.717, 1.165) is 17.5 Å². The first kappa shape index (κ1) is 19.8. The van der Waals surface area contributed by atoms with Gasteiger partial charge in [0, 0.05) is 6.54 Å². The molecule has 1 aliphatic rings. The third kappa shape index (κ3) is 4.58. The normalized spacial score (nSPS) is 17.8. The molecule has 1 fully saturated rings. The Hall–Kier alpha value is -2.48. The molecule has 0 radical (unpaired) electrons. The second-order valence-corrected chi connectivity index (χ2v) is 9.19. The third-order valence-electron chi connectivity index (χ3n) is 4.81. The van der Waals surface area contributed by atoms with Crippen molar-refractivity contribution < 1.29 is 13.2 Å². The van der Waals surface area contributed by atoms with Crippen LogP contribution in [0.1, 0.15) is 12.8 Å². The molecule has 4 rings (SSSR count). The molecule has 2 aromatic carbocycles. The number of hydrogen-bond acceptors (Lipinski definition) is 5. The van der Waals surface area contributed by atoms with E-state index in [4.69, 9.17) is 16.3 Å². The molecule has 1 aromatic heterocycles. The van der Waals surface area contributed by atoms with Crippen LogP contribution >= 0.6 is 11.6 Å². The van der Waals surface area contributed by atoms with E-state index in [1.54, 1.807) is 12.1 Å². The minimum Gasteiger partial charge on any atom is -0.459 e. The van der Waals surface area contributed by atoms with Gasteiger partial charge in [-0.3, -0.25) is 0 Å². The summed E-state index contributed by atoms with van der Waals surface area (Å²) in [4.78, 5) is 8.32. The Morgan fingerprint density at radius 1 is 0.966 bits per heavy atom. The standard InChI is InChI=1S/C21H20ClN3O3S/c22-18-13-23-21(24-14-18)28-19-7-4-12-25(15-19)29(26,27)20-10-8-17(9-11-20)16-5-2-1-3-6-16/h1-3,5-6,8-11,13-14,19H,4,7,12,15H2. The summed E-state index contributed by atoms with van der Waals surface area (Å²) in [5.74, 6) is 0. The van der Waals surface area contributed by atoms with Crippen LogP contribution in [0.5, 0.6) is 6.01 Å². The molecule has 0 amide bonds. The maximum Gasteiger partial charge on any atom is 0.316 e. The molecule has 2 heterocycles. The first-order valence-corrected chi connectivity index (χ1v) is 11.1. The van der Waals surface area contributed by atoms with E-state index in [1.165, 1.54) is 16.7 Å². The Morgan fingerprint density at radius 2 is 1.62 bits per heavy atom. The molecule has 3 aromatic rings. The lowest BCUT2D eigenvalue weighted by atomic mass is 10.1. The molecule has 0 aliphatic carbocycles. The maximum absolute atomic E-state index is 13.1. The average Bonchev–Trinajstić information content (AvgIpc) is 2.76. The lowest BCUT2D eigenvalue weighted by Crippen LogP contribution is -2.44. The van der Waals surface area contributed by atoms with Gasteiger partial charge in [0.15, 0.2) is 0 Å². The molecular weight excluding hydrogens is 410 g/mol. The van der Waals surface area contributed by atoms with E-state index in [-0.39, 0.29) is 23.6 Å². The fraction of sp³-hybridized carbons (Fsp3) is 0.238. The number of ether oxygens (including phenoxy) is 1. The Bertz CT molecular complexity index is 1060. The van der Waals surface area contributed by atoms with Crippen LogP contribution < -0.4 is 4.74 Å². The zero-order valence-corrected chi connectivity index (χ0v) is 17.2. The quantitative estimate of drug-likeness (QED) is 0.612. The number of hydrogen-bond donors (Lipinski definition) is 0. The summed E-state index contributed by atoms with van der Waals surface area (Å²) >= 11 is 5.79. The van der Waals surface area contributed by atoms with Crippen molar-refractivity contribution in [3.05, 3.63) is 72.0 Å². The van der Waals surface area contributed by atoms with Gasteiger partial charge in [0.05, 0.1) is 28.9 Å². The SMILES string of the molecule is O=S(=O)(c1ccc(-c2ccccc2)cc1)N1CCCC(Oc2ncc(Cl)cn2)C1. The van der Waals surface area contributed by atoms with Gasteiger partial charge in [-0.15, -0.1) is 0 Å². The fourth-order valence-electron chi connectivity index (χ4n) is 3.33. The Morgan fingerprint density at radius 3 is 2.31 bits per heavy atom. The van der Waals surface area contributed by atoms with Crippen LogP contribution in [0.2, 0.25) is 5.02 Å². The monoisotopic (exact) mass is 429 g/mol. The average molecular weight is 430 g/mol. The van der Waals surface area contributed by atoms with Gasteiger partial charge in [0.25, 0.3) is 0 Å². The summed E-state index contributed by atoms with van der Waals surface area (Å²) in [5, 5.41) is 0.421. The molecule has 0 bridgehead atoms. The predicted octanol–water partition coefficient (Wildman–Crippen LogP) is 4.03. The Labute approximate surface area is 175 Å². The maximum atomic E-state index is 13.1. The number of aromatic nitrogens is 2. The number of benzene rings is 2. The number of rotatable bonds is 5. The van der Waals surface area contributed by atoms with Gasteiger partial charge < -0.3 is 4.74 Å². The van der Waals surface area contributed by atoms with Crippen molar-refractivity contribution in [2.45, 2.75) is 23.8 Å². The van der Waals surface area contributed by atoms with Gasteiger partial charge >= 0.3 is 6.01 Å². The lowest BCUT2D eigenvalue weighted by Gasteiger charge is -2.31. The van der Waals surface area contributed by atoms with Crippen molar-refractivity contribution in [1.29, 1.82) is 0 Å². The number of nitrogens with zero attached hydrogens (tertiary/aromatic N) is 3. The van der Waals surface area contributed by atoms with Crippen LogP contribution in [0.4, 0.5) is 0 Å². The molecule has 0 N–H and O–H groups in total. The van der Waals surface area contributed by atoms with E-state index in [1.807, 2.05) is 42.5 Å². The van der Waals surface area contributed by atoms with Crippen molar-refractivity contribution in [2.75, 3.05) is 13.1 Å². The Kier molecular flexibility index (Phi) is 5.80. The van der Waals surface area contributed by atoms with Gasteiger partial charge in [0.1, 0.15) is 6.10 Å². The van der Waals surface area contributed by atoms with E-state index >= 15 is 0 Å². The van der Waals surface area contributed by atoms with E-state index in [2.05, 4.69) is 9.97 Å². The highest BCUT2D eigenvalue weighted by Crippen LogP contribution is 2.25. The number of piperidine rings is 1. The lowest BCUT2D eigenvalue weighted by molar-refractivity contribution is 0.119. The molecule has 29 heavy (non-hydrogen) atoms. The van der Waals surface area contributed by atoms with Gasteiger partial charge in [-0.05, 0) is 36.1 Å². The Balaban J connectivity index is 1.48. The highest BCUT2D eigenvalue weighted by atomic mass is 35.5. The molecule has 1 aliphatic heterocycles. The minimum atomic E-state index is -3.60. The van der Waals surface area contributed by atoms with Crippen LogP contribution in [-0.4, -0.2) is 41.9 Å². The number of halogens is 1. The topological polar surface area (TPSA) is 72.4 Å². The first-order chi connectivity index (χ1) is 14.0. The predicted molar refractivity (Wildman–Crippen MR) is 111 cm³/mol. The molecule has 1 saturated heterocycles. The van der Waals surface area contributed by atoms with Crippen molar-refractivity contribution in [2.24, 2.45) is 0 Å². The zero-order chi connectivity index (χ0) is 20.3. The summed E-state index contributed by atoms with van der Waals surface area (Å²) in [6.07, 6.45) is 4.05.